The smallest absolute Gasteiger partial charge is 0.223 e. The molecule has 1 heterocycles. The van der Waals surface area contributed by atoms with E-state index in [9.17, 15) is 0 Å². The van der Waals surface area contributed by atoms with E-state index in [0.29, 0.717) is 11.4 Å². The minimum absolute atomic E-state index is 0.115. The van der Waals surface area contributed by atoms with Gasteiger partial charge in [-0.2, -0.15) is 0 Å². The molecule has 0 saturated carbocycles. The molecule has 10 heavy (non-hydrogen) atoms. The molecule has 1 N–H and O–H groups in total. The van der Waals surface area contributed by atoms with Crippen LogP contribution in [0.15, 0.2) is 0 Å². The van der Waals surface area contributed by atoms with Crippen LogP contribution in [0.25, 0.3) is 0 Å². The van der Waals surface area contributed by atoms with Crippen molar-refractivity contribution in [1.82, 2.24) is 9.97 Å². The number of aromatic nitrogens is 2. The van der Waals surface area contributed by atoms with E-state index in [1.165, 1.54) is 0 Å². The van der Waals surface area contributed by atoms with Gasteiger partial charge in [-0.15, -0.1) is 0 Å². The summed E-state index contributed by atoms with van der Waals surface area (Å²) in [6.07, 6.45) is 0. The van der Waals surface area contributed by atoms with Gasteiger partial charge >= 0.3 is 0 Å². The number of hydrogen-bond acceptors (Lipinski definition) is 3. The maximum Gasteiger partial charge on any atom is 0.223 e. The van der Waals surface area contributed by atoms with Gasteiger partial charge in [-0.05, 0) is 25.4 Å². The van der Waals surface area contributed by atoms with Gasteiger partial charge in [0.2, 0.25) is 5.28 Å². The summed E-state index contributed by atoms with van der Waals surface area (Å²) in [6.45, 7) is 3.35. The van der Waals surface area contributed by atoms with E-state index in [1.807, 2.05) is 0 Å². The maximum atomic E-state index is 9.15. The highest BCUT2D eigenvalue weighted by atomic mass is 35.5. The number of nitrogens with zero attached hydrogens (tertiary/aromatic N) is 2. The Hall–Kier alpha value is -0.830. The SMILES string of the molecule is Cc1nc(Cl)nc(C)c1O. The van der Waals surface area contributed by atoms with Crippen LogP contribution in [0.2, 0.25) is 5.28 Å². The lowest BCUT2D eigenvalue weighted by molar-refractivity contribution is 0.459. The molecule has 0 aliphatic carbocycles. The van der Waals surface area contributed by atoms with E-state index in [-0.39, 0.29) is 11.0 Å². The fraction of sp³-hybridized carbons (Fsp3) is 0.333. The summed E-state index contributed by atoms with van der Waals surface area (Å²) >= 11 is 5.49. The number of halogens is 1. The topological polar surface area (TPSA) is 46.0 Å². The van der Waals surface area contributed by atoms with Crippen molar-refractivity contribution in [3.05, 3.63) is 16.7 Å². The minimum atomic E-state index is 0.115. The van der Waals surface area contributed by atoms with Crippen molar-refractivity contribution in [2.45, 2.75) is 13.8 Å². The second-order valence-electron chi connectivity index (χ2n) is 2.01. The van der Waals surface area contributed by atoms with Crippen LogP contribution in [0.3, 0.4) is 0 Å². The first-order valence-electron chi connectivity index (χ1n) is 2.81. The Morgan fingerprint density at radius 1 is 1.20 bits per heavy atom. The van der Waals surface area contributed by atoms with Crippen LogP contribution >= 0.6 is 11.6 Å². The third-order valence-corrected chi connectivity index (χ3v) is 1.37. The molecule has 3 nitrogen and oxygen atoms in total. The fourth-order valence-corrected chi connectivity index (χ4v) is 0.923. The van der Waals surface area contributed by atoms with Crippen molar-refractivity contribution in [3.8, 4) is 5.75 Å². The summed E-state index contributed by atoms with van der Waals surface area (Å²) in [4.78, 5) is 7.48. The van der Waals surface area contributed by atoms with Crippen molar-refractivity contribution < 1.29 is 5.11 Å². The molecular weight excluding hydrogens is 152 g/mol. The average molecular weight is 159 g/mol. The van der Waals surface area contributed by atoms with Crippen LogP contribution in [0.5, 0.6) is 5.75 Å². The van der Waals surface area contributed by atoms with Crippen molar-refractivity contribution >= 4 is 11.6 Å². The monoisotopic (exact) mass is 158 g/mol. The zero-order valence-corrected chi connectivity index (χ0v) is 6.48. The number of hydrogen-bond donors (Lipinski definition) is 1. The summed E-state index contributed by atoms with van der Waals surface area (Å²) < 4.78 is 0. The van der Waals surface area contributed by atoms with Crippen LogP contribution in [0.4, 0.5) is 0 Å². The number of rotatable bonds is 0. The van der Waals surface area contributed by atoms with Gasteiger partial charge in [0.05, 0.1) is 11.4 Å². The van der Waals surface area contributed by atoms with Crippen LogP contribution in [-0.2, 0) is 0 Å². The lowest BCUT2D eigenvalue weighted by atomic mass is 10.3. The Bertz CT molecular complexity index is 239. The Morgan fingerprint density at radius 3 is 2.00 bits per heavy atom. The van der Waals surface area contributed by atoms with Crippen LogP contribution in [0.1, 0.15) is 11.4 Å². The Morgan fingerprint density at radius 2 is 1.60 bits per heavy atom. The molecule has 0 aliphatic heterocycles. The van der Waals surface area contributed by atoms with Gasteiger partial charge in [-0.3, -0.25) is 0 Å². The Balaban J connectivity index is 3.31. The molecule has 0 fully saturated rings. The van der Waals surface area contributed by atoms with E-state index in [0.717, 1.165) is 0 Å². The summed E-state index contributed by atoms with van der Waals surface area (Å²) in [5, 5.41) is 9.32. The maximum absolute atomic E-state index is 9.15. The normalized spacial score (nSPS) is 9.90. The molecule has 1 aromatic rings. The van der Waals surface area contributed by atoms with Crippen molar-refractivity contribution in [1.29, 1.82) is 0 Å². The molecule has 54 valence electrons. The van der Waals surface area contributed by atoms with E-state index in [4.69, 9.17) is 16.7 Å². The van der Waals surface area contributed by atoms with Crippen molar-refractivity contribution in [3.63, 3.8) is 0 Å². The van der Waals surface area contributed by atoms with Crippen molar-refractivity contribution in [2.24, 2.45) is 0 Å². The quantitative estimate of drug-likeness (QED) is 0.582. The molecule has 1 rings (SSSR count). The molecule has 0 spiro atoms. The molecule has 0 aromatic carbocycles. The van der Waals surface area contributed by atoms with Gasteiger partial charge in [0.25, 0.3) is 0 Å². The lowest BCUT2D eigenvalue weighted by Gasteiger charge is -1.99. The molecule has 1 aromatic heterocycles. The summed E-state index contributed by atoms with van der Waals surface area (Å²) in [7, 11) is 0. The standard InChI is InChI=1S/C6H7ClN2O/c1-3-5(10)4(2)9-6(7)8-3/h10H,1-2H3. The van der Waals surface area contributed by atoms with E-state index in [1.54, 1.807) is 13.8 Å². The highest BCUT2D eigenvalue weighted by Crippen LogP contribution is 2.18. The summed E-state index contributed by atoms with van der Waals surface area (Å²) in [6, 6.07) is 0. The zero-order valence-electron chi connectivity index (χ0n) is 5.72. The first-order valence-corrected chi connectivity index (χ1v) is 3.18. The predicted octanol–water partition coefficient (Wildman–Crippen LogP) is 1.45. The highest BCUT2D eigenvalue weighted by Gasteiger charge is 2.03. The molecule has 0 amide bonds. The second kappa shape index (κ2) is 2.42. The third-order valence-electron chi connectivity index (χ3n) is 1.21. The number of aryl methyl sites for hydroxylation is 2. The lowest BCUT2D eigenvalue weighted by Crippen LogP contribution is -1.90. The molecule has 0 radical (unpaired) electrons. The van der Waals surface area contributed by atoms with Gasteiger partial charge in [-0.1, -0.05) is 0 Å². The van der Waals surface area contributed by atoms with Gasteiger partial charge in [0.1, 0.15) is 0 Å². The van der Waals surface area contributed by atoms with Crippen molar-refractivity contribution in [2.75, 3.05) is 0 Å². The highest BCUT2D eigenvalue weighted by molar-refractivity contribution is 6.28. The van der Waals surface area contributed by atoms with E-state index >= 15 is 0 Å². The fourth-order valence-electron chi connectivity index (χ4n) is 0.669. The first-order chi connectivity index (χ1) is 4.61. The Labute approximate surface area is 63.7 Å². The molecule has 0 aliphatic rings. The zero-order chi connectivity index (χ0) is 7.72. The van der Waals surface area contributed by atoms with Gasteiger partial charge < -0.3 is 5.11 Å². The summed E-state index contributed by atoms with van der Waals surface area (Å²) in [5.74, 6) is 0.115. The molecule has 0 atom stereocenters. The van der Waals surface area contributed by atoms with Crippen LogP contribution in [0, 0.1) is 13.8 Å². The van der Waals surface area contributed by atoms with Gasteiger partial charge in [0.15, 0.2) is 5.75 Å². The van der Waals surface area contributed by atoms with E-state index in [2.05, 4.69) is 9.97 Å². The molecule has 4 heteroatoms. The summed E-state index contributed by atoms with van der Waals surface area (Å²) in [5.41, 5.74) is 1.02. The van der Waals surface area contributed by atoms with Crippen LogP contribution < -0.4 is 0 Å². The Kier molecular flexibility index (Phi) is 1.76. The van der Waals surface area contributed by atoms with Crippen LogP contribution in [-0.4, -0.2) is 15.1 Å². The van der Waals surface area contributed by atoms with Gasteiger partial charge in [0, 0.05) is 0 Å². The largest absolute Gasteiger partial charge is 0.504 e. The third kappa shape index (κ3) is 1.19. The predicted molar refractivity (Wildman–Crippen MR) is 38.2 cm³/mol. The average Bonchev–Trinajstić information content (AvgIpc) is 1.82. The minimum Gasteiger partial charge on any atom is -0.504 e. The first kappa shape index (κ1) is 7.28. The molecular formula is C6H7ClN2O. The van der Waals surface area contributed by atoms with E-state index < -0.39 is 0 Å². The second-order valence-corrected chi connectivity index (χ2v) is 2.35. The number of aromatic hydroxyl groups is 1. The van der Waals surface area contributed by atoms with Gasteiger partial charge in [-0.25, -0.2) is 9.97 Å². The molecule has 0 saturated heterocycles. The molecule has 0 unspecified atom stereocenters. The molecule has 0 bridgehead atoms.